The lowest BCUT2D eigenvalue weighted by atomic mass is 10.0. The molecular formula is C17H23N5S. The molecule has 1 aliphatic heterocycles. The maximum absolute atomic E-state index is 5.61. The van der Waals surface area contributed by atoms with Crippen molar-refractivity contribution < 1.29 is 0 Å². The molecular weight excluding hydrogens is 306 g/mol. The molecule has 1 fully saturated rings. The summed E-state index contributed by atoms with van der Waals surface area (Å²) in [6.07, 6.45) is 4.87. The topological polar surface area (TPSA) is 47.2 Å². The number of rotatable bonds is 6. The number of pyridine rings is 1. The Bertz CT molecular complexity index is 626. The van der Waals surface area contributed by atoms with Crippen LogP contribution >= 0.6 is 12.2 Å². The van der Waals surface area contributed by atoms with Crippen LogP contribution in [0.5, 0.6) is 0 Å². The van der Waals surface area contributed by atoms with E-state index in [4.69, 9.17) is 12.2 Å². The molecule has 0 saturated carbocycles. The van der Waals surface area contributed by atoms with Gasteiger partial charge in [-0.3, -0.25) is 4.98 Å². The number of H-pyrrole nitrogens is 1. The van der Waals surface area contributed by atoms with Crippen molar-refractivity contribution >= 4 is 17.3 Å². The molecule has 122 valence electrons. The average molecular weight is 329 g/mol. The summed E-state index contributed by atoms with van der Waals surface area (Å²) in [7, 11) is 4.19. The summed E-state index contributed by atoms with van der Waals surface area (Å²) >= 11 is 5.61. The molecule has 0 radical (unpaired) electrons. The van der Waals surface area contributed by atoms with Crippen LogP contribution in [0.2, 0.25) is 0 Å². The minimum Gasteiger partial charge on any atom is -0.363 e. The Morgan fingerprint density at radius 3 is 2.78 bits per heavy atom. The predicted molar refractivity (Wildman–Crippen MR) is 96.1 cm³/mol. The Labute approximate surface area is 142 Å². The molecule has 0 aliphatic carbocycles. The van der Waals surface area contributed by atoms with Crippen LogP contribution in [0.15, 0.2) is 42.7 Å². The van der Waals surface area contributed by atoms with E-state index in [2.05, 4.69) is 51.3 Å². The molecule has 6 heteroatoms. The summed E-state index contributed by atoms with van der Waals surface area (Å²) in [5.41, 5.74) is 2.18. The molecule has 1 aliphatic rings. The highest BCUT2D eigenvalue weighted by atomic mass is 32.1. The second-order valence-corrected chi connectivity index (χ2v) is 6.49. The number of hydrogen-bond donors (Lipinski definition) is 2. The molecule has 0 aromatic carbocycles. The van der Waals surface area contributed by atoms with Crippen molar-refractivity contribution in [3.63, 3.8) is 0 Å². The smallest absolute Gasteiger partial charge is 0.170 e. The zero-order chi connectivity index (χ0) is 16.2. The molecule has 5 nitrogen and oxygen atoms in total. The van der Waals surface area contributed by atoms with Gasteiger partial charge >= 0.3 is 0 Å². The molecule has 0 unspecified atom stereocenters. The lowest BCUT2D eigenvalue weighted by molar-refractivity contribution is 0.289. The standard InChI is InChI=1S/C17H23N5S/c1-21(2)11-6-12-22-16(14-8-5-10-19-14)15(20-17(22)23)13-7-3-4-9-18-13/h3-5,7-10,15-16,19H,6,11-12H2,1-2H3,(H,20,23)/t15-,16-/m0/s1. The molecule has 2 aromatic heterocycles. The second-order valence-electron chi connectivity index (χ2n) is 6.10. The van der Waals surface area contributed by atoms with E-state index in [0.717, 1.165) is 36.0 Å². The number of thiocarbonyl (C=S) groups is 1. The minimum atomic E-state index is 0.0710. The van der Waals surface area contributed by atoms with Crippen molar-refractivity contribution in [3.05, 3.63) is 54.1 Å². The van der Waals surface area contributed by atoms with E-state index in [0.29, 0.717) is 0 Å². The van der Waals surface area contributed by atoms with Crippen molar-refractivity contribution in [2.45, 2.75) is 18.5 Å². The molecule has 1 saturated heterocycles. The van der Waals surface area contributed by atoms with Gasteiger partial charge in [-0.1, -0.05) is 6.07 Å². The first-order valence-corrected chi connectivity index (χ1v) is 8.33. The van der Waals surface area contributed by atoms with Gasteiger partial charge in [0.25, 0.3) is 0 Å². The van der Waals surface area contributed by atoms with Crippen molar-refractivity contribution in [1.82, 2.24) is 25.1 Å². The molecule has 2 N–H and O–H groups in total. The van der Waals surface area contributed by atoms with Crippen LogP contribution in [0.1, 0.15) is 29.9 Å². The number of aromatic nitrogens is 2. The Morgan fingerprint density at radius 1 is 1.26 bits per heavy atom. The fourth-order valence-corrected chi connectivity index (χ4v) is 3.40. The quantitative estimate of drug-likeness (QED) is 0.797. The van der Waals surface area contributed by atoms with Crippen LogP contribution in [0, 0.1) is 0 Å². The van der Waals surface area contributed by atoms with Gasteiger partial charge < -0.3 is 20.1 Å². The first-order valence-electron chi connectivity index (χ1n) is 7.93. The first-order chi connectivity index (χ1) is 11.2. The van der Waals surface area contributed by atoms with Crippen LogP contribution in [-0.2, 0) is 0 Å². The molecule has 2 atom stereocenters. The summed E-state index contributed by atoms with van der Waals surface area (Å²) in [5, 5.41) is 4.26. The van der Waals surface area contributed by atoms with E-state index >= 15 is 0 Å². The van der Waals surface area contributed by atoms with Gasteiger partial charge in [0, 0.05) is 24.6 Å². The van der Waals surface area contributed by atoms with Crippen LogP contribution in [0.3, 0.4) is 0 Å². The van der Waals surface area contributed by atoms with E-state index in [1.165, 1.54) is 0 Å². The molecule has 23 heavy (non-hydrogen) atoms. The van der Waals surface area contributed by atoms with Crippen LogP contribution in [-0.4, -0.2) is 52.1 Å². The third-order valence-corrected chi connectivity index (χ3v) is 4.50. The summed E-state index contributed by atoms with van der Waals surface area (Å²) in [6, 6.07) is 10.4. The van der Waals surface area contributed by atoms with E-state index in [1.807, 2.05) is 30.6 Å². The first kappa shape index (κ1) is 16.0. The zero-order valence-electron chi connectivity index (χ0n) is 13.6. The Morgan fingerprint density at radius 2 is 2.13 bits per heavy atom. The van der Waals surface area contributed by atoms with Crippen molar-refractivity contribution in [1.29, 1.82) is 0 Å². The number of hydrogen-bond acceptors (Lipinski definition) is 3. The fraction of sp³-hybridized carbons (Fsp3) is 0.412. The Hall–Kier alpha value is -1.92. The van der Waals surface area contributed by atoms with Gasteiger partial charge in [-0.25, -0.2) is 0 Å². The highest BCUT2D eigenvalue weighted by molar-refractivity contribution is 7.80. The third kappa shape index (κ3) is 3.54. The van der Waals surface area contributed by atoms with Gasteiger partial charge in [0.05, 0.1) is 17.8 Å². The largest absolute Gasteiger partial charge is 0.363 e. The van der Waals surface area contributed by atoms with Crippen molar-refractivity contribution in [2.75, 3.05) is 27.2 Å². The molecule has 2 aromatic rings. The van der Waals surface area contributed by atoms with Crippen molar-refractivity contribution in [3.8, 4) is 0 Å². The number of nitrogens with one attached hydrogen (secondary N) is 2. The molecule has 0 bridgehead atoms. The van der Waals surface area contributed by atoms with Gasteiger partial charge in [-0.05, 0) is 63.5 Å². The van der Waals surface area contributed by atoms with Crippen LogP contribution < -0.4 is 5.32 Å². The average Bonchev–Trinajstić information content (AvgIpc) is 3.16. The predicted octanol–water partition coefficient (Wildman–Crippen LogP) is 2.33. The molecule has 3 heterocycles. The summed E-state index contributed by atoms with van der Waals surface area (Å²) in [5.74, 6) is 0. The number of aromatic amines is 1. The van der Waals surface area contributed by atoms with Gasteiger partial charge in [-0.2, -0.15) is 0 Å². The normalized spacial score (nSPS) is 21.0. The Kier molecular flexibility index (Phi) is 4.93. The number of nitrogens with zero attached hydrogens (tertiary/aromatic N) is 3. The SMILES string of the molecule is CN(C)CCCN1C(=S)N[C@@H](c2ccccn2)[C@@H]1c1ccc[nH]1. The minimum absolute atomic E-state index is 0.0710. The van der Waals surface area contributed by atoms with Gasteiger partial charge in [0.1, 0.15) is 0 Å². The van der Waals surface area contributed by atoms with E-state index < -0.39 is 0 Å². The lowest BCUT2D eigenvalue weighted by Crippen LogP contribution is -2.32. The highest BCUT2D eigenvalue weighted by Gasteiger charge is 2.39. The van der Waals surface area contributed by atoms with Crippen LogP contribution in [0.4, 0.5) is 0 Å². The fourth-order valence-electron chi connectivity index (χ4n) is 3.07. The van der Waals surface area contributed by atoms with Crippen molar-refractivity contribution in [2.24, 2.45) is 0 Å². The van der Waals surface area contributed by atoms with E-state index in [-0.39, 0.29) is 12.1 Å². The summed E-state index contributed by atoms with van der Waals surface area (Å²) in [6.45, 7) is 1.97. The maximum Gasteiger partial charge on any atom is 0.170 e. The van der Waals surface area contributed by atoms with Gasteiger partial charge in [0.2, 0.25) is 0 Å². The highest BCUT2D eigenvalue weighted by Crippen LogP contribution is 2.37. The van der Waals surface area contributed by atoms with Gasteiger partial charge in [-0.15, -0.1) is 0 Å². The zero-order valence-corrected chi connectivity index (χ0v) is 14.4. The van der Waals surface area contributed by atoms with Crippen LogP contribution in [0.25, 0.3) is 0 Å². The lowest BCUT2D eigenvalue weighted by Gasteiger charge is -2.27. The molecule has 3 rings (SSSR count). The summed E-state index contributed by atoms with van der Waals surface area (Å²) in [4.78, 5) is 12.4. The summed E-state index contributed by atoms with van der Waals surface area (Å²) < 4.78 is 0. The van der Waals surface area contributed by atoms with Gasteiger partial charge in [0.15, 0.2) is 5.11 Å². The molecule has 0 spiro atoms. The Balaban J connectivity index is 1.85. The third-order valence-electron chi connectivity index (χ3n) is 4.14. The van der Waals surface area contributed by atoms with E-state index in [1.54, 1.807) is 0 Å². The second kappa shape index (κ2) is 7.10. The molecule has 0 amide bonds. The maximum atomic E-state index is 5.61. The van der Waals surface area contributed by atoms with E-state index in [9.17, 15) is 0 Å². The monoisotopic (exact) mass is 329 g/mol.